The lowest BCUT2D eigenvalue weighted by Gasteiger charge is -2.18. The summed E-state index contributed by atoms with van der Waals surface area (Å²) in [5.41, 5.74) is 0.584. The Kier molecular flexibility index (Phi) is 8.63. The van der Waals surface area contributed by atoms with Crippen molar-refractivity contribution in [2.75, 3.05) is 26.7 Å². The Balaban J connectivity index is 2.66. The molecule has 0 aromatic heterocycles. The zero-order chi connectivity index (χ0) is 20.4. The highest BCUT2D eigenvalue weighted by Crippen LogP contribution is 2.16. The first-order valence-corrected chi connectivity index (χ1v) is 9.65. The first-order chi connectivity index (χ1) is 12.7. The van der Waals surface area contributed by atoms with Gasteiger partial charge in [-0.05, 0) is 23.8 Å². The third-order valence-electron chi connectivity index (χ3n) is 3.46. The maximum Gasteiger partial charge on any atom is 0.331 e. The number of carbonyl (C=O) groups is 3. The van der Waals surface area contributed by atoms with Gasteiger partial charge in [0, 0.05) is 26.2 Å². The molecule has 2 N–H and O–H groups in total. The van der Waals surface area contributed by atoms with Crippen molar-refractivity contribution >= 4 is 34.0 Å². The Hall–Kier alpha value is -2.72. The number of nitrogens with zero attached hydrogens (tertiary/aromatic N) is 1. The van der Waals surface area contributed by atoms with Crippen molar-refractivity contribution in [3.8, 4) is 0 Å². The molecule has 0 spiro atoms. The molecular formula is C17H23N3O6S. The Bertz CT molecular complexity index is 798. The second-order valence-electron chi connectivity index (χ2n) is 5.23. The van der Waals surface area contributed by atoms with Gasteiger partial charge in [0.05, 0.1) is 4.90 Å². The van der Waals surface area contributed by atoms with E-state index in [-0.39, 0.29) is 4.90 Å². The molecule has 0 atom stereocenters. The summed E-state index contributed by atoms with van der Waals surface area (Å²) in [7, 11) is -2.20. The minimum Gasteiger partial charge on any atom is -0.452 e. The molecule has 0 unspecified atom stereocenters. The number of amides is 3. The largest absolute Gasteiger partial charge is 0.452 e. The number of imide groups is 1. The van der Waals surface area contributed by atoms with Crippen molar-refractivity contribution in [3.05, 3.63) is 35.9 Å². The van der Waals surface area contributed by atoms with E-state index in [0.29, 0.717) is 18.7 Å². The molecule has 0 saturated carbocycles. The van der Waals surface area contributed by atoms with Gasteiger partial charge in [0.2, 0.25) is 10.0 Å². The maximum absolute atomic E-state index is 12.4. The van der Waals surface area contributed by atoms with Gasteiger partial charge in [0.1, 0.15) is 0 Å². The summed E-state index contributed by atoms with van der Waals surface area (Å²) in [5.74, 6) is -1.54. The van der Waals surface area contributed by atoms with Crippen LogP contribution in [0.25, 0.3) is 6.08 Å². The molecule has 1 rings (SSSR count). The van der Waals surface area contributed by atoms with E-state index in [9.17, 15) is 22.8 Å². The van der Waals surface area contributed by atoms with Crippen LogP contribution in [-0.2, 0) is 24.3 Å². The second kappa shape index (κ2) is 10.4. The number of urea groups is 1. The minimum absolute atomic E-state index is 0.164. The standard InChI is InChI=1S/C17H23N3O6S/c1-4-20(5-2)27(24,25)14-9-6-13(7-10-14)8-11-16(22)26-12-15(21)19-17(23)18-3/h6-11H,4-5,12H2,1-3H3,(H2,18,19,21,23)/b11-8+. The predicted molar refractivity (Wildman–Crippen MR) is 99.1 cm³/mol. The van der Waals surface area contributed by atoms with E-state index in [2.05, 4.69) is 10.1 Å². The van der Waals surface area contributed by atoms with Gasteiger partial charge in [-0.2, -0.15) is 4.31 Å². The number of rotatable bonds is 8. The van der Waals surface area contributed by atoms with E-state index in [1.54, 1.807) is 26.0 Å². The molecule has 0 aliphatic rings. The normalized spacial score (nSPS) is 11.4. The lowest BCUT2D eigenvalue weighted by atomic mass is 10.2. The van der Waals surface area contributed by atoms with Gasteiger partial charge in [-0.3, -0.25) is 10.1 Å². The quantitative estimate of drug-likeness (QED) is 0.493. The van der Waals surface area contributed by atoms with Gasteiger partial charge < -0.3 is 10.1 Å². The zero-order valence-electron chi connectivity index (χ0n) is 15.4. The predicted octanol–water partition coefficient (Wildman–Crippen LogP) is 0.729. The fourth-order valence-corrected chi connectivity index (χ4v) is 3.50. The topological polar surface area (TPSA) is 122 Å². The van der Waals surface area contributed by atoms with Crippen molar-refractivity contribution in [1.29, 1.82) is 0 Å². The first kappa shape index (κ1) is 22.3. The molecule has 0 saturated heterocycles. The first-order valence-electron chi connectivity index (χ1n) is 8.21. The second-order valence-corrected chi connectivity index (χ2v) is 7.16. The summed E-state index contributed by atoms with van der Waals surface area (Å²) in [5, 5.41) is 4.13. The Morgan fingerprint density at radius 3 is 2.22 bits per heavy atom. The highest BCUT2D eigenvalue weighted by Gasteiger charge is 2.20. The molecule has 9 nitrogen and oxygen atoms in total. The number of benzene rings is 1. The minimum atomic E-state index is -3.54. The molecular weight excluding hydrogens is 374 g/mol. The third-order valence-corrected chi connectivity index (χ3v) is 5.52. The van der Waals surface area contributed by atoms with Crippen LogP contribution in [0.2, 0.25) is 0 Å². The number of ether oxygens (including phenoxy) is 1. The Morgan fingerprint density at radius 1 is 1.11 bits per heavy atom. The lowest BCUT2D eigenvalue weighted by molar-refractivity contribution is -0.143. The number of esters is 1. The Labute approximate surface area is 158 Å². The van der Waals surface area contributed by atoms with Crippen LogP contribution < -0.4 is 10.6 Å². The molecule has 10 heteroatoms. The summed E-state index contributed by atoms with van der Waals surface area (Å²) in [4.78, 5) is 33.9. The summed E-state index contributed by atoms with van der Waals surface area (Å²) in [6, 6.07) is 5.31. The van der Waals surface area contributed by atoms with Crippen molar-refractivity contribution in [2.24, 2.45) is 0 Å². The van der Waals surface area contributed by atoms with E-state index in [0.717, 1.165) is 6.08 Å². The molecule has 148 valence electrons. The fourth-order valence-electron chi connectivity index (χ4n) is 2.04. The van der Waals surface area contributed by atoms with Gasteiger partial charge in [-0.15, -0.1) is 0 Å². The number of carbonyl (C=O) groups excluding carboxylic acids is 3. The van der Waals surface area contributed by atoms with Crippen LogP contribution in [0.4, 0.5) is 4.79 Å². The number of hydrogen-bond acceptors (Lipinski definition) is 6. The molecule has 3 amide bonds. The smallest absolute Gasteiger partial charge is 0.331 e. The van der Waals surface area contributed by atoms with Crippen LogP contribution in [0.5, 0.6) is 0 Å². The third kappa shape index (κ3) is 6.83. The van der Waals surface area contributed by atoms with Crippen LogP contribution in [0.1, 0.15) is 19.4 Å². The van der Waals surface area contributed by atoms with Crippen LogP contribution in [0.3, 0.4) is 0 Å². The van der Waals surface area contributed by atoms with Crippen molar-refractivity contribution in [2.45, 2.75) is 18.7 Å². The summed E-state index contributed by atoms with van der Waals surface area (Å²) >= 11 is 0. The van der Waals surface area contributed by atoms with Crippen molar-refractivity contribution < 1.29 is 27.5 Å². The number of sulfonamides is 1. The monoisotopic (exact) mass is 397 g/mol. The number of nitrogens with one attached hydrogen (secondary N) is 2. The zero-order valence-corrected chi connectivity index (χ0v) is 16.2. The van der Waals surface area contributed by atoms with Gasteiger partial charge >= 0.3 is 12.0 Å². The van der Waals surface area contributed by atoms with E-state index in [4.69, 9.17) is 0 Å². The van der Waals surface area contributed by atoms with E-state index >= 15 is 0 Å². The molecule has 0 bridgehead atoms. The van der Waals surface area contributed by atoms with Crippen molar-refractivity contribution in [3.63, 3.8) is 0 Å². The molecule has 0 aliphatic carbocycles. The van der Waals surface area contributed by atoms with Gasteiger partial charge in [0.15, 0.2) is 6.61 Å². The molecule has 27 heavy (non-hydrogen) atoms. The SMILES string of the molecule is CCN(CC)S(=O)(=O)c1ccc(/C=C/C(=O)OCC(=O)NC(=O)NC)cc1. The maximum atomic E-state index is 12.4. The molecule has 1 aromatic carbocycles. The van der Waals surface area contributed by atoms with Gasteiger partial charge in [0.25, 0.3) is 5.91 Å². The number of hydrogen-bond donors (Lipinski definition) is 2. The average molecular weight is 397 g/mol. The summed E-state index contributed by atoms with van der Waals surface area (Å²) in [6.07, 6.45) is 2.52. The van der Waals surface area contributed by atoms with Crippen LogP contribution in [0, 0.1) is 0 Å². The van der Waals surface area contributed by atoms with E-state index in [1.807, 2.05) is 5.32 Å². The molecule has 0 aliphatic heterocycles. The lowest BCUT2D eigenvalue weighted by Crippen LogP contribution is -2.39. The van der Waals surface area contributed by atoms with E-state index in [1.165, 1.54) is 29.6 Å². The Morgan fingerprint density at radius 2 is 1.70 bits per heavy atom. The average Bonchev–Trinajstić information content (AvgIpc) is 2.65. The highest BCUT2D eigenvalue weighted by atomic mass is 32.2. The van der Waals surface area contributed by atoms with Gasteiger partial charge in [-0.25, -0.2) is 18.0 Å². The molecule has 1 aromatic rings. The van der Waals surface area contributed by atoms with Crippen LogP contribution in [0.15, 0.2) is 35.2 Å². The molecule has 0 fully saturated rings. The van der Waals surface area contributed by atoms with Crippen molar-refractivity contribution in [1.82, 2.24) is 14.9 Å². The fraction of sp³-hybridized carbons (Fsp3) is 0.353. The van der Waals surface area contributed by atoms with Gasteiger partial charge in [-0.1, -0.05) is 26.0 Å². The molecule has 0 radical (unpaired) electrons. The summed E-state index contributed by atoms with van der Waals surface area (Å²) < 4.78 is 30.8. The molecule has 0 heterocycles. The highest BCUT2D eigenvalue weighted by molar-refractivity contribution is 7.89. The van der Waals surface area contributed by atoms with Crippen LogP contribution >= 0.6 is 0 Å². The van der Waals surface area contributed by atoms with Crippen LogP contribution in [-0.4, -0.2) is 57.4 Å². The van der Waals surface area contributed by atoms with E-state index < -0.39 is 34.5 Å². The summed E-state index contributed by atoms with van der Waals surface area (Å²) in [6.45, 7) is 3.68.